The second-order valence-electron chi connectivity index (χ2n) is 5.98. The highest BCUT2D eigenvalue weighted by Gasteiger charge is 1.97. The summed E-state index contributed by atoms with van der Waals surface area (Å²) < 4.78 is 32.3. The summed E-state index contributed by atoms with van der Waals surface area (Å²) in [6, 6.07) is 7.70. The van der Waals surface area contributed by atoms with E-state index in [9.17, 15) is 4.79 Å². The van der Waals surface area contributed by atoms with Crippen molar-refractivity contribution >= 4 is 5.91 Å². The van der Waals surface area contributed by atoms with E-state index in [2.05, 4.69) is 0 Å². The van der Waals surface area contributed by atoms with Crippen LogP contribution < -0.4 is 16.2 Å². The van der Waals surface area contributed by atoms with Crippen LogP contribution in [0.1, 0.15) is 12.0 Å². The average Bonchev–Trinajstić information content (AvgIpc) is 2.72. The monoisotopic (exact) mass is 414 g/mol. The Labute approximate surface area is 172 Å². The van der Waals surface area contributed by atoms with Crippen molar-refractivity contribution in [3.8, 4) is 5.75 Å². The molecule has 0 unspecified atom stereocenters. The molecule has 0 radical (unpaired) electrons. The molecule has 0 fully saturated rings. The lowest BCUT2D eigenvalue weighted by atomic mass is 10.2. The zero-order valence-corrected chi connectivity index (χ0v) is 17.0. The van der Waals surface area contributed by atoms with E-state index in [0.717, 1.165) is 11.3 Å². The third-order valence-electron chi connectivity index (χ3n) is 3.61. The Hall–Kier alpha value is -1.75. The van der Waals surface area contributed by atoms with Crippen LogP contribution in [0.5, 0.6) is 5.75 Å². The molecule has 0 aliphatic carbocycles. The van der Waals surface area contributed by atoms with Gasteiger partial charge in [0.1, 0.15) is 12.4 Å². The summed E-state index contributed by atoms with van der Waals surface area (Å²) in [5.41, 5.74) is 11.6. The fraction of sp³-hybridized carbons (Fsp3) is 0.650. The molecular weight excluding hydrogens is 380 g/mol. The second kappa shape index (κ2) is 18.3. The van der Waals surface area contributed by atoms with Gasteiger partial charge in [-0.15, -0.1) is 0 Å². The second-order valence-corrected chi connectivity index (χ2v) is 5.98. The predicted molar refractivity (Wildman–Crippen MR) is 108 cm³/mol. The number of primary amides is 1. The molecule has 1 amide bonds. The van der Waals surface area contributed by atoms with Crippen LogP contribution in [0.3, 0.4) is 0 Å². The Bertz CT molecular complexity index is 531. The third-order valence-corrected chi connectivity index (χ3v) is 3.61. The molecule has 0 bridgehead atoms. The number of hydrogen-bond acceptors (Lipinski definition) is 8. The van der Waals surface area contributed by atoms with Crippen molar-refractivity contribution in [2.75, 3.05) is 72.7 Å². The van der Waals surface area contributed by atoms with E-state index >= 15 is 0 Å². The summed E-state index contributed by atoms with van der Waals surface area (Å²) in [6.45, 7) is 5.67. The number of hydrogen-bond donors (Lipinski definition) is 2. The maximum atomic E-state index is 10.5. The first-order valence-corrected chi connectivity index (χ1v) is 9.81. The summed E-state index contributed by atoms with van der Waals surface area (Å²) in [4.78, 5) is 10.5. The minimum atomic E-state index is -0.369. The summed E-state index contributed by atoms with van der Waals surface area (Å²) in [5, 5.41) is 0. The Balaban J connectivity index is 1.75. The SMILES string of the molecule is NCc1cccc(OCCOCCOCCOCCOCCOCCC(N)=O)c1. The maximum Gasteiger partial charge on any atom is 0.219 e. The lowest BCUT2D eigenvalue weighted by Gasteiger charge is -2.09. The maximum absolute atomic E-state index is 10.5. The highest BCUT2D eigenvalue weighted by molar-refractivity contribution is 5.73. The van der Waals surface area contributed by atoms with Crippen LogP contribution in [0, 0.1) is 0 Å². The number of rotatable bonds is 20. The van der Waals surface area contributed by atoms with Gasteiger partial charge in [0.25, 0.3) is 0 Å². The van der Waals surface area contributed by atoms with E-state index in [1.165, 1.54) is 0 Å². The van der Waals surface area contributed by atoms with E-state index in [0.29, 0.717) is 79.2 Å². The molecular formula is C20H34N2O7. The molecule has 0 aliphatic rings. The van der Waals surface area contributed by atoms with Crippen LogP contribution in [-0.4, -0.2) is 78.6 Å². The standard InChI is InChI=1S/C20H34N2O7/c21-17-18-2-1-3-19(16-18)29-15-14-28-13-12-27-11-10-26-9-8-25-7-6-24-5-4-20(22)23/h1-3,16H,4-15,17,21H2,(H2,22,23). The predicted octanol–water partition coefficient (Wildman–Crippen LogP) is 0.483. The molecule has 1 aromatic rings. The molecule has 0 saturated carbocycles. The van der Waals surface area contributed by atoms with Crippen molar-refractivity contribution in [1.29, 1.82) is 0 Å². The average molecular weight is 414 g/mol. The van der Waals surface area contributed by atoms with Crippen molar-refractivity contribution in [3.05, 3.63) is 29.8 Å². The Morgan fingerprint density at radius 2 is 1.21 bits per heavy atom. The van der Waals surface area contributed by atoms with Crippen molar-refractivity contribution in [1.82, 2.24) is 0 Å². The van der Waals surface area contributed by atoms with Gasteiger partial charge in [0, 0.05) is 13.0 Å². The first-order valence-electron chi connectivity index (χ1n) is 9.81. The largest absolute Gasteiger partial charge is 0.491 e. The molecule has 9 heteroatoms. The van der Waals surface area contributed by atoms with E-state index in [4.69, 9.17) is 39.9 Å². The van der Waals surface area contributed by atoms with Gasteiger partial charge >= 0.3 is 0 Å². The van der Waals surface area contributed by atoms with Gasteiger partial charge in [0.2, 0.25) is 5.91 Å². The lowest BCUT2D eigenvalue weighted by Crippen LogP contribution is -2.16. The van der Waals surface area contributed by atoms with E-state index in [-0.39, 0.29) is 12.3 Å². The van der Waals surface area contributed by atoms with Crippen molar-refractivity contribution in [2.24, 2.45) is 11.5 Å². The molecule has 0 aliphatic heterocycles. The van der Waals surface area contributed by atoms with Gasteiger partial charge in [-0.3, -0.25) is 4.79 Å². The van der Waals surface area contributed by atoms with Crippen molar-refractivity contribution < 1.29 is 33.2 Å². The molecule has 0 spiro atoms. The highest BCUT2D eigenvalue weighted by atomic mass is 16.6. The number of carbonyl (C=O) groups excluding carboxylic acids is 1. The van der Waals surface area contributed by atoms with Gasteiger partial charge < -0.3 is 39.9 Å². The minimum Gasteiger partial charge on any atom is -0.491 e. The van der Waals surface area contributed by atoms with E-state index in [1.807, 2.05) is 24.3 Å². The number of carbonyl (C=O) groups is 1. The van der Waals surface area contributed by atoms with Crippen LogP contribution in [0.2, 0.25) is 0 Å². The van der Waals surface area contributed by atoms with Crippen LogP contribution in [0.25, 0.3) is 0 Å². The molecule has 4 N–H and O–H groups in total. The fourth-order valence-corrected chi connectivity index (χ4v) is 2.14. The van der Waals surface area contributed by atoms with Gasteiger partial charge in [-0.25, -0.2) is 0 Å². The van der Waals surface area contributed by atoms with Crippen molar-refractivity contribution in [3.63, 3.8) is 0 Å². The highest BCUT2D eigenvalue weighted by Crippen LogP contribution is 2.12. The zero-order valence-electron chi connectivity index (χ0n) is 17.0. The topological polar surface area (TPSA) is 124 Å². The normalized spacial score (nSPS) is 10.9. The fourth-order valence-electron chi connectivity index (χ4n) is 2.14. The number of nitrogens with two attached hydrogens (primary N) is 2. The summed E-state index contributed by atoms with van der Waals surface area (Å²) in [6.07, 6.45) is 0.228. The van der Waals surface area contributed by atoms with Crippen LogP contribution in [0.15, 0.2) is 24.3 Å². The van der Waals surface area contributed by atoms with Gasteiger partial charge in [-0.05, 0) is 17.7 Å². The first kappa shape index (κ1) is 25.3. The molecule has 166 valence electrons. The molecule has 0 saturated heterocycles. The third kappa shape index (κ3) is 15.8. The number of benzene rings is 1. The molecule has 0 aromatic heterocycles. The smallest absolute Gasteiger partial charge is 0.219 e. The van der Waals surface area contributed by atoms with Crippen LogP contribution in [0.4, 0.5) is 0 Å². The Kier molecular flexibility index (Phi) is 15.9. The molecule has 29 heavy (non-hydrogen) atoms. The van der Waals surface area contributed by atoms with E-state index in [1.54, 1.807) is 0 Å². The molecule has 0 heterocycles. The van der Waals surface area contributed by atoms with Crippen LogP contribution >= 0.6 is 0 Å². The molecule has 9 nitrogen and oxygen atoms in total. The Morgan fingerprint density at radius 3 is 1.69 bits per heavy atom. The summed E-state index contributed by atoms with van der Waals surface area (Å²) >= 11 is 0. The number of ether oxygens (including phenoxy) is 6. The van der Waals surface area contributed by atoms with E-state index < -0.39 is 0 Å². The molecule has 1 rings (SSSR count). The van der Waals surface area contributed by atoms with Gasteiger partial charge in [0.15, 0.2) is 0 Å². The lowest BCUT2D eigenvalue weighted by molar-refractivity contribution is -0.119. The molecule has 0 atom stereocenters. The zero-order chi connectivity index (χ0) is 21.0. The first-order chi connectivity index (χ1) is 14.2. The van der Waals surface area contributed by atoms with Gasteiger partial charge in [-0.2, -0.15) is 0 Å². The Morgan fingerprint density at radius 1 is 0.724 bits per heavy atom. The number of amides is 1. The van der Waals surface area contributed by atoms with Gasteiger partial charge in [0.05, 0.1) is 66.1 Å². The quantitative estimate of drug-likeness (QED) is 0.295. The summed E-state index contributed by atoms with van der Waals surface area (Å²) in [7, 11) is 0. The molecule has 1 aromatic carbocycles. The van der Waals surface area contributed by atoms with Crippen LogP contribution in [-0.2, 0) is 35.0 Å². The summed E-state index contributed by atoms with van der Waals surface area (Å²) in [5.74, 6) is 0.427. The van der Waals surface area contributed by atoms with Gasteiger partial charge in [-0.1, -0.05) is 12.1 Å². The van der Waals surface area contributed by atoms with Crippen molar-refractivity contribution in [2.45, 2.75) is 13.0 Å². The minimum absolute atomic E-state index is 0.228.